The maximum Gasteiger partial charge on any atom is 0.446 e. The van der Waals surface area contributed by atoms with Gasteiger partial charge in [-0.25, -0.2) is 0 Å². The fourth-order valence-electron chi connectivity index (χ4n) is 4.44. The van der Waals surface area contributed by atoms with Gasteiger partial charge in [0.15, 0.2) is 0 Å². The van der Waals surface area contributed by atoms with Crippen LogP contribution in [0, 0.1) is 5.41 Å². The fraction of sp³-hybridized carbons (Fsp3) is 0.389. The number of carbonyl (C=O) groups excluding carboxylic acids is 1. The van der Waals surface area contributed by atoms with Crippen LogP contribution < -0.4 is 4.18 Å². The van der Waals surface area contributed by atoms with Crippen LogP contribution in [0.25, 0.3) is 10.8 Å². The SMILES string of the molecule is CC12CCc3c(ccc4cc(OS(=O)(=O)O)ccc34)C1CCC2=O. The van der Waals surface area contributed by atoms with E-state index in [1.807, 2.05) is 12.1 Å². The molecule has 126 valence electrons. The number of ketones is 1. The number of benzene rings is 2. The average molecular weight is 346 g/mol. The third kappa shape index (κ3) is 2.32. The molecule has 2 unspecified atom stereocenters. The number of Topliss-reactive ketones (excluding diaryl/α,β-unsaturated/α-hetero) is 1. The minimum absolute atomic E-state index is 0.0849. The molecule has 24 heavy (non-hydrogen) atoms. The number of hydrogen-bond acceptors (Lipinski definition) is 4. The summed E-state index contributed by atoms with van der Waals surface area (Å²) in [4.78, 5) is 12.3. The quantitative estimate of drug-likeness (QED) is 0.843. The molecule has 2 atom stereocenters. The molecule has 0 radical (unpaired) electrons. The molecule has 0 amide bonds. The van der Waals surface area contributed by atoms with E-state index in [4.69, 9.17) is 4.55 Å². The molecule has 1 saturated carbocycles. The molecule has 1 fully saturated rings. The van der Waals surface area contributed by atoms with E-state index in [9.17, 15) is 13.2 Å². The van der Waals surface area contributed by atoms with Crippen LogP contribution in [0.3, 0.4) is 0 Å². The van der Waals surface area contributed by atoms with Gasteiger partial charge in [0.05, 0.1) is 0 Å². The Morgan fingerprint density at radius 2 is 2.00 bits per heavy atom. The smallest absolute Gasteiger partial charge is 0.362 e. The van der Waals surface area contributed by atoms with Crippen molar-refractivity contribution in [3.05, 3.63) is 41.5 Å². The topological polar surface area (TPSA) is 80.7 Å². The number of carbonyl (C=O) groups is 1. The highest BCUT2D eigenvalue weighted by Crippen LogP contribution is 2.54. The second-order valence-corrected chi connectivity index (χ2v) is 7.98. The highest BCUT2D eigenvalue weighted by Gasteiger charge is 2.49. The van der Waals surface area contributed by atoms with Crippen LogP contribution in [-0.2, 0) is 21.6 Å². The Labute approximate surface area is 140 Å². The summed E-state index contributed by atoms with van der Waals surface area (Å²) in [6, 6.07) is 8.96. The number of rotatable bonds is 2. The Balaban J connectivity index is 1.82. The second-order valence-electron chi connectivity index (χ2n) is 6.96. The Morgan fingerprint density at radius 3 is 2.75 bits per heavy atom. The average Bonchev–Trinajstić information content (AvgIpc) is 2.81. The molecular formula is C18H18O5S. The molecule has 1 N–H and O–H groups in total. The van der Waals surface area contributed by atoms with Gasteiger partial charge in [-0.1, -0.05) is 25.1 Å². The van der Waals surface area contributed by atoms with E-state index in [0.717, 1.165) is 30.0 Å². The van der Waals surface area contributed by atoms with E-state index >= 15 is 0 Å². The van der Waals surface area contributed by atoms with Gasteiger partial charge < -0.3 is 4.18 Å². The van der Waals surface area contributed by atoms with Crippen molar-refractivity contribution in [3.8, 4) is 5.75 Å². The van der Waals surface area contributed by atoms with Crippen molar-refractivity contribution in [2.75, 3.05) is 0 Å². The van der Waals surface area contributed by atoms with Gasteiger partial charge in [-0.05, 0) is 59.2 Å². The Kier molecular flexibility index (Phi) is 3.27. The summed E-state index contributed by atoms with van der Waals surface area (Å²) in [5.74, 6) is 0.726. The number of aryl methyl sites for hydroxylation is 1. The Hall–Kier alpha value is -1.92. The minimum atomic E-state index is -4.53. The molecular weight excluding hydrogens is 328 g/mol. The Bertz CT molecular complexity index is 963. The molecule has 0 heterocycles. The summed E-state index contributed by atoms with van der Waals surface area (Å²) in [7, 11) is -4.53. The lowest BCUT2D eigenvalue weighted by atomic mass is 9.66. The summed E-state index contributed by atoms with van der Waals surface area (Å²) in [5, 5.41) is 1.92. The largest absolute Gasteiger partial charge is 0.446 e. The summed E-state index contributed by atoms with van der Waals surface area (Å²) in [6.07, 6.45) is 3.24. The van der Waals surface area contributed by atoms with Crippen LogP contribution >= 0.6 is 0 Å². The first-order chi connectivity index (χ1) is 11.3. The van der Waals surface area contributed by atoms with Crippen molar-refractivity contribution >= 4 is 27.0 Å². The summed E-state index contributed by atoms with van der Waals surface area (Å²) in [5.41, 5.74) is 2.24. The molecule has 0 spiro atoms. The third-order valence-corrected chi connectivity index (χ3v) is 6.08. The van der Waals surface area contributed by atoms with Crippen LogP contribution in [0.15, 0.2) is 30.3 Å². The fourth-order valence-corrected chi connectivity index (χ4v) is 4.79. The molecule has 0 aromatic heterocycles. The van der Waals surface area contributed by atoms with Gasteiger partial charge in [0.1, 0.15) is 11.5 Å². The van der Waals surface area contributed by atoms with Crippen LogP contribution in [-0.4, -0.2) is 18.8 Å². The number of hydrogen-bond donors (Lipinski definition) is 1. The highest BCUT2D eigenvalue weighted by molar-refractivity contribution is 7.81. The molecule has 0 saturated heterocycles. The third-order valence-electron chi connectivity index (χ3n) is 5.68. The van der Waals surface area contributed by atoms with Crippen molar-refractivity contribution in [3.63, 3.8) is 0 Å². The predicted octanol–water partition coefficient (Wildman–Crippen LogP) is 3.42. The molecule has 2 aromatic carbocycles. The van der Waals surface area contributed by atoms with E-state index in [0.29, 0.717) is 12.2 Å². The predicted molar refractivity (Wildman–Crippen MR) is 89.5 cm³/mol. The van der Waals surface area contributed by atoms with Gasteiger partial charge in [-0.2, -0.15) is 8.42 Å². The Morgan fingerprint density at radius 1 is 1.21 bits per heavy atom. The van der Waals surface area contributed by atoms with Gasteiger partial charge in [-0.3, -0.25) is 9.35 Å². The molecule has 5 nitrogen and oxygen atoms in total. The molecule has 6 heteroatoms. The zero-order chi connectivity index (χ0) is 17.1. The minimum Gasteiger partial charge on any atom is -0.362 e. The molecule has 0 aliphatic heterocycles. The van der Waals surface area contributed by atoms with E-state index in [-0.39, 0.29) is 17.1 Å². The highest BCUT2D eigenvalue weighted by atomic mass is 32.3. The van der Waals surface area contributed by atoms with Crippen LogP contribution in [0.1, 0.15) is 43.2 Å². The van der Waals surface area contributed by atoms with Gasteiger partial charge in [0.25, 0.3) is 0 Å². The zero-order valence-corrected chi connectivity index (χ0v) is 14.1. The number of fused-ring (bicyclic) bond motifs is 5. The lowest BCUT2D eigenvalue weighted by Crippen LogP contribution is -2.32. The van der Waals surface area contributed by atoms with Gasteiger partial charge >= 0.3 is 10.4 Å². The lowest BCUT2D eigenvalue weighted by Gasteiger charge is -2.37. The van der Waals surface area contributed by atoms with Crippen LogP contribution in [0.2, 0.25) is 0 Å². The van der Waals surface area contributed by atoms with E-state index < -0.39 is 10.4 Å². The molecule has 4 rings (SSSR count). The first kappa shape index (κ1) is 15.6. The van der Waals surface area contributed by atoms with Crippen molar-refractivity contribution in [1.29, 1.82) is 0 Å². The zero-order valence-electron chi connectivity index (χ0n) is 13.3. The molecule has 2 aliphatic carbocycles. The summed E-state index contributed by atoms with van der Waals surface area (Å²) >= 11 is 0. The van der Waals surface area contributed by atoms with Gasteiger partial charge in [-0.15, -0.1) is 0 Å². The van der Waals surface area contributed by atoms with E-state index in [1.165, 1.54) is 11.1 Å². The van der Waals surface area contributed by atoms with Crippen LogP contribution in [0.4, 0.5) is 0 Å². The summed E-state index contributed by atoms with van der Waals surface area (Å²) in [6.45, 7) is 2.09. The van der Waals surface area contributed by atoms with Crippen molar-refractivity contribution in [1.82, 2.24) is 0 Å². The normalized spacial score (nSPS) is 26.2. The van der Waals surface area contributed by atoms with Gasteiger partial charge in [0, 0.05) is 11.8 Å². The van der Waals surface area contributed by atoms with Crippen molar-refractivity contribution in [2.45, 2.75) is 38.5 Å². The first-order valence-electron chi connectivity index (χ1n) is 8.04. The van der Waals surface area contributed by atoms with Crippen molar-refractivity contribution < 1.29 is 21.9 Å². The van der Waals surface area contributed by atoms with E-state index in [1.54, 1.807) is 12.1 Å². The lowest BCUT2D eigenvalue weighted by molar-refractivity contribution is -0.126. The summed E-state index contributed by atoms with van der Waals surface area (Å²) < 4.78 is 35.1. The maximum absolute atomic E-state index is 12.3. The monoisotopic (exact) mass is 346 g/mol. The first-order valence-corrected chi connectivity index (χ1v) is 9.40. The van der Waals surface area contributed by atoms with Crippen LogP contribution in [0.5, 0.6) is 5.75 Å². The van der Waals surface area contributed by atoms with Gasteiger partial charge in [0.2, 0.25) is 0 Å². The molecule has 2 aromatic rings. The van der Waals surface area contributed by atoms with Crippen molar-refractivity contribution in [2.24, 2.45) is 5.41 Å². The van der Waals surface area contributed by atoms with E-state index in [2.05, 4.69) is 17.2 Å². The second kappa shape index (κ2) is 5.04. The standard InChI is InChI=1S/C18H18O5S/c1-18-9-8-14-13-5-3-12(23-24(20,21)22)10-11(13)2-4-15(14)16(18)6-7-17(18)19/h2-5,10,16H,6-9H2,1H3,(H,20,21,22). The maximum atomic E-state index is 12.3. The molecule has 2 aliphatic rings. The molecule has 0 bridgehead atoms.